The Balaban J connectivity index is 3.44. The van der Waals surface area contributed by atoms with Crippen LogP contribution in [0, 0.1) is 18.3 Å². The van der Waals surface area contributed by atoms with E-state index in [2.05, 4.69) is 4.98 Å². The molecule has 0 spiro atoms. The zero-order valence-electron chi connectivity index (χ0n) is 8.65. The summed E-state index contributed by atoms with van der Waals surface area (Å²) in [6.07, 6.45) is -8.28. The molecule has 7 heteroatoms. The van der Waals surface area contributed by atoms with E-state index in [1.54, 1.807) is 6.07 Å². The zero-order chi connectivity index (χ0) is 13.2. The Hall–Kier alpha value is -1.71. The Morgan fingerprint density at radius 1 is 1.41 bits per heavy atom. The lowest BCUT2D eigenvalue weighted by Gasteiger charge is -2.14. The average molecular weight is 250 g/mol. The summed E-state index contributed by atoms with van der Waals surface area (Å²) in [6, 6.07) is 2.41. The molecule has 1 aromatic heterocycles. The van der Waals surface area contributed by atoms with Gasteiger partial charge in [-0.05, 0) is 18.6 Å². The third kappa shape index (κ3) is 2.90. The minimum absolute atomic E-state index is 0.305. The van der Waals surface area contributed by atoms with Crippen LogP contribution in [0.15, 0.2) is 6.07 Å². The first-order valence-electron chi connectivity index (χ1n) is 4.50. The average Bonchev–Trinajstić information content (AvgIpc) is 2.18. The van der Waals surface area contributed by atoms with Gasteiger partial charge in [-0.15, -0.1) is 0 Å². The van der Waals surface area contributed by atoms with Crippen molar-refractivity contribution in [3.05, 3.63) is 28.6 Å². The Morgan fingerprint density at radius 2 is 2.00 bits per heavy atom. The van der Waals surface area contributed by atoms with E-state index in [0.29, 0.717) is 0 Å². The molecule has 0 bridgehead atoms. The first kappa shape index (κ1) is 13.4. The van der Waals surface area contributed by atoms with Crippen LogP contribution in [0.5, 0.6) is 0 Å². The highest BCUT2D eigenvalue weighted by Crippen LogP contribution is 2.34. The van der Waals surface area contributed by atoms with Crippen molar-refractivity contribution in [3.63, 3.8) is 0 Å². The Bertz CT molecular complexity index is 459. The molecule has 0 amide bonds. The molecule has 92 valence electrons. The number of halogens is 5. The van der Waals surface area contributed by atoms with Gasteiger partial charge in [0.1, 0.15) is 5.69 Å². The molecule has 0 aliphatic rings. The van der Waals surface area contributed by atoms with Crippen molar-refractivity contribution in [2.45, 2.75) is 25.9 Å². The van der Waals surface area contributed by atoms with Crippen LogP contribution in [0.2, 0.25) is 0 Å². The van der Waals surface area contributed by atoms with Crippen LogP contribution in [0.3, 0.4) is 0 Å². The molecule has 17 heavy (non-hydrogen) atoms. The highest BCUT2D eigenvalue weighted by atomic mass is 19.4. The maximum absolute atomic E-state index is 12.5. The van der Waals surface area contributed by atoms with Gasteiger partial charge in [-0.3, -0.25) is 0 Å². The molecule has 0 saturated carbocycles. The molecule has 0 aliphatic carbocycles. The predicted molar refractivity (Wildman–Crippen MR) is 48.3 cm³/mol. The molecular formula is C10H7F5N2. The lowest BCUT2D eigenvalue weighted by atomic mass is 10.1. The Labute approximate surface area is 93.7 Å². The maximum Gasteiger partial charge on any atom is 0.433 e. The van der Waals surface area contributed by atoms with Crippen LogP contribution in [-0.4, -0.2) is 4.98 Å². The molecule has 0 radical (unpaired) electrons. The van der Waals surface area contributed by atoms with Crippen LogP contribution in [0.4, 0.5) is 22.0 Å². The van der Waals surface area contributed by atoms with E-state index in [-0.39, 0.29) is 5.69 Å². The Kier molecular flexibility index (Phi) is 3.66. The minimum atomic E-state index is -4.81. The molecule has 0 unspecified atom stereocenters. The highest BCUT2D eigenvalue weighted by Gasteiger charge is 2.36. The fraction of sp³-hybridized carbons (Fsp3) is 0.400. The number of aromatic nitrogens is 1. The van der Waals surface area contributed by atoms with Gasteiger partial charge in [0.25, 0.3) is 6.43 Å². The van der Waals surface area contributed by atoms with E-state index in [1.807, 2.05) is 0 Å². The normalized spacial score (nSPS) is 11.6. The summed E-state index contributed by atoms with van der Waals surface area (Å²) in [6.45, 7) is 0.938. The summed E-state index contributed by atoms with van der Waals surface area (Å²) in [5, 5.41) is 8.35. The standard InChI is InChI=1S/C10H7F5N2/c1-5-7(9(11)12)4-6(2-3-16)17-8(5)10(13,14)15/h4,9H,2H2,1H3. The summed E-state index contributed by atoms with van der Waals surface area (Å²) in [7, 11) is 0. The van der Waals surface area contributed by atoms with Crippen molar-refractivity contribution < 1.29 is 22.0 Å². The Morgan fingerprint density at radius 3 is 2.41 bits per heavy atom. The third-order valence-corrected chi connectivity index (χ3v) is 2.13. The molecule has 0 aromatic carbocycles. The SMILES string of the molecule is Cc1c(C(F)F)cc(CC#N)nc1C(F)(F)F. The molecule has 0 atom stereocenters. The monoisotopic (exact) mass is 250 g/mol. The second kappa shape index (κ2) is 4.65. The number of nitrogens with zero attached hydrogens (tertiary/aromatic N) is 2. The third-order valence-electron chi connectivity index (χ3n) is 2.13. The number of nitriles is 1. The van der Waals surface area contributed by atoms with Gasteiger partial charge in [0.05, 0.1) is 18.2 Å². The van der Waals surface area contributed by atoms with Gasteiger partial charge in [-0.2, -0.15) is 18.4 Å². The largest absolute Gasteiger partial charge is 0.433 e. The molecule has 0 N–H and O–H groups in total. The number of hydrogen-bond acceptors (Lipinski definition) is 2. The second-order valence-electron chi connectivity index (χ2n) is 3.31. The molecule has 1 rings (SSSR count). The topological polar surface area (TPSA) is 36.7 Å². The van der Waals surface area contributed by atoms with Crippen LogP contribution in [-0.2, 0) is 12.6 Å². The lowest BCUT2D eigenvalue weighted by molar-refractivity contribution is -0.141. The van der Waals surface area contributed by atoms with E-state index < -0.39 is 35.8 Å². The van der Waals surface area contributed by atoms with E-state index in [4.69, 9.17) is 5.26 Å². The van der Waals surface area contributed by atoms with Gasteiger partial charge in [0.15, 0.2) is 0 Å². The fourth-order valence-corrected chi connectivity index (χ4v) is 1.36. The molecule has 0 saturated heterocycles. The summed E-state index contributed by atoms with van der Waals surface area (Å²) in [4.78, 5) is 3.20. The number of hydrogen-bond donors (Lipinski definition) is 0. The van der Waals surface area contributed by atoms with Gasteiger partial charge >= 0.3 is 6.18 Å². The maximum atomic E-state index is 12.5. The van der Waals surface area contributed by atoms with E-state index in [1.165, 1.54) is 0 Å². The molecule has 1 aromatic rings. The summed E-state index contributed by atoms with van der Waals surface area (Å²) in [5.41, 5.74) is -3.01. The zero-order valence-corrected chi connectivity index (χ0v) is 8.65. The quantitative estimate of drug-likeness (QED) is 0.754. The van der Waals surface area contributed by atoms with E-state index >= 15 is 0 Å². The number of pyridine rings is 1. The first-order chi connectivity index (χ1) is 7.77. The molecule has 0 aliphatic heterocycles. The van der Waals surface area contributed by atoms with Crippen molar-refractivity contribution in [1.82, 2.24) is 4.98 Å². The lowest BCUT2D eigenvalue weighted by Crippen LogP contribution is -2.14. The summed E-state index contributed by atoms with van der Waals surface area (Å²) in [5.74, 6) is 0. The predicted octanol–water partition coefficient (Wildman–Crippen LogP) is 3.41. The van der Waals surface area contributed by atoms with Gasteiger partial charge in [0, 0.05) is 5.56 Å². The van der Waals surface area contributed by atoms with Gasteiger partial charge in [-0.1, -0.05) is 0 Å². The van der Waals surface area contributed by atoms with Crippen LogP contribution in [0.25, 0.3) is 0 Å². The molecule has 1 heterocycles. The molecule has 0 fully saturated rings. The van der Waals surface area contributed by atoms with Gasteiger partial charge in [0.2, 0.25) is 0 Å². The molecule has 2 nitrogen and oxygen atoms in total. The van der Waals surface area contributed by atoms with E-state index in [9.17, 15) is 22.0 Å². The summed E-state index contributed by atoms with van der Waals surface area (Å²) >= 11 is 0. The fourth-order valence-electron chi connectivity index (χ4n) is 1.36. The molecular weight excluding hydrogens is 243 g/mol. The van der Waals surface area contributed by atoms with Gasteiger partial charge in [-0.25, -0.2) is 13.8 Å². The first-order valence-corrected chi connectivity index (χ1v) is 4.50. The van der Waals surface area contributed by atoms with Crippen molar-refractivity contribution in [1.29, 1.82) is 5.26 Å². The van der Waals surface area contributed by atoms with Crippen molar-refractivity contribution in [3.8, 4) is 6.07 Å². The second-order valence-corrected chi connectivity index (χ2v) is 3.31. The van der Waals surface area contributed by atoms with Crippen molar-refractivity contribution in [2.24, 2.45) is 0 Å². The van der Waals surface area contributed by atoms with Crippen LogP contribution in [0.1, 0.15) is 28.9 Å². The smallest absolute Gasteiger partial charge is 0.247 e. The number of alkyl halides is 5. The van der Waals surface area contributed by atoms with Gasteiger partial charge < -0.3 is 0 Å². The van der Waals surface area contributed by atoms with Crippen LogP contribution >= 0.6 is 0 Å². The van der Waals surface area contributed by atoms with Crippen LogP contribution < -0.4 is 0 Å². The summed E-state index contributed by atoms with van der Waals surface area (Å²) < 4.78 is 62.6. The number of rotatable bonds is 2. The van der Waals surface area contributed by atoms with Crippen molar-refractivity contribution in [2.75, 3.05) is 0 Å². The van der Waals surface area contributed by atoms with E-state index in [0.717, 1.165) is 13.0 Å². The highest BCUT2D eigenvalue weighted by molar-refractivity contribution is 5.34. The van der Waals surface area contributed by atoms with Crippen molar-refractivity contribution >= 4 is 0 Å². The minimum Gasteiger partial charge on any atom is -0.247 e.